The third-order valence-corrected chi connectivity index (χ3v) is 8.30. The lowest BCUT2D eigenvalue weighted by molar-refractivity contribution is -0.143. The summed E-state index contributed by atoms with van der Waals surface area (Å²) >= 11 is 0. The first kappa shape index (κ1) is 30.6. The molecule has 236 valence electrons. The van der Waals surface area contributed by atoms with Crippen LogP contribution in [0.5, 0.6) is 0 Å². The van der Waals surface area contributed by atoms with Crippen molar-refractivity contribution in [3.63, 3.8) is 0 Å². The Kier molecular flexibility index (Phi) is 8.04. The standard InChI is InChI=1S/C32H31F6N7/c33-31(34,35)25-11-21(12-26(14-25)32(36,37)38)17-45(30(42-39)43-40)18-24-13-23-10-9-22-3-1-2-4-27(22)28(23)41-29(24)44(15-19-5-6-19)16-20-7-8-20/h1-4,9-14,19-20,39H,5-8,15-18,40H2. The van der Waals surface area contributed by atoms with Gasteiger partial charge in [0.05, 0.1) is 16.6 Å². The van der Waals surface area contributed by atoms with E-state index in [0.29, 0.717) is 35.3 Å². The van der Waals surface area contributed by atoms with Gasteiger partial charge >= 0.3 is 12.4 Å². The summed E-state index contributed by atoms with van der Waals surface area (Å²) in [6, 6.07) is 15.1. The summed E-state index contributed by atoms with van der Waals surface area (Å²) in [4.78, 5) is 8.75. The molecule has 1 heterocycles. The van der Waals surface area contributed by atoms with Crippen LogP contribution in [0.25, 0.3) is 21.7 Å². The SMILES string of the molecule is N=NC(=NN)N(Cc1cc(C(F)(F)F)cc(C(F)(F)F)c1)Cc1cc2ccc3ccccc3c2nc1N(CC1CC1)CC1CC1. The summed E-state index contributed by atoms with van der Waals surface area (Å²) in [5, 5.41) is 9.70. The van der Waals surface area contributed by atoms with E-state index in [1.807, 2.05) is 42.5 Å². The number of nitrogens with one attached hydrogen (secondary N) is 1. The number of nitrogens with two attached hydrogens (primary N) is 1. The minimum absolute atomic E-state index is 0.0626. The fourth-order valence-corrected chi connectivity index (χ4v) is 5.72. The van der Waals surface area contributed by atoms with Gasteiger partial charge in [-0.2, -0.15) is 26.3 Å². The first-order valence-electron chi connectivity index (χ1n) is 14.7. The Labute approximate surface area is 255 Å². The number of nitrogens with zero attached hydrogens (tertiary/aromatic N) is 5. The van der Waals surface area contributed by atoms with E-state index < -0.39 is 30.0 Å². The van der Waals surface area contributed by atoms with Gasteiger partial charge in [0.2, 0.25) is 0 Å². The predicted octanol–water partition coefficient (Wildman–Crippen LogP) is 8.31. The smallest absolute Gasteiger partial charge is 0.356 e. The molecule has 0 bridgehead atoms. The second-order valence-electron chi connectivity index (χ2n) is 11.9. The van der Waals surface area contributed by atoms with Crippen molar-refractivity contribution in [2.75, 3.05) is 18.0 Å². The third kappa shape index (κ3) is 6.97. The van der Waals surface area contributed by atoms with E-state index in [9.17, 15) is 26.3 Å². The quantitative estimate of drug-likeness (QED) is 0.0371. The molecule has 0 radical (unpaired) electrons. The number of anilines is 1. The maximum atomic E-state index is 13.6. The molecule has 3 aromatic carbocycles. The Bertz CT molecular complexity index is 1710. The lowest BCUT2D eigenvalue weighted by Crippen LogP contribution is -2.33. The van der Waals surface area contributed by atoms with Crippen LogP contribution >= 0.6 is 0 Å². The molecule has 2 saturated carbocycles. The van der Waals surface area contributed by atoms with Crippen molar-refractivity contribution >= 4 is 33.5 Å². The van der Waals surface area contributed by atoms with Gasteiger partial charge in [-0.25, -0.2) is 10.5 Å². The van der Waals surface area contributed by atoms with Gasteiger partial charge in [0, 0.05) is 42.5 Å². The fourth-order valence-electron chi connectivity index (χ4n) is 5.72. The molecule has 0 saturated heterocycles. The predicted molar refractivity (Wildman–Crippen MR) is 159 cm³/mol. The molecule has 6 rings (SSSR count). The molecule has 0 aliphatic heterocycles. The molecule has 0 unspecified atom stereocenters. The topological polar surface area (TPSA) is 94.0 Å². The van der Waals surface area contributed by atoms with Crippen LogP contribution in [0, 0.1) is 17.4 Å². The van der Waals surface area contributed by atoms with Gasteiger partial charge in [-0.3, -0.25) is 0 Å². The van der Waals surface area contributed by atoms with Crippen LogP contribution in [0.15, 0.2) is 70.9 Å². The zero-order valence-corrected chi connectivity index (χ0v) is 24.2. The molecular formula is C32H31F6N7. The number of alkyl halides is 6. The summed E-state index contributed by atoms with van der Waals surface area (Å²) < 4.78 is 81.9. The monoisotopic (exact) mass is 627 g/mol. The van der Waals surface area contributed by atoms with Gasteiger partial charge < -0.3 is 15.6 Å². The van der Waals surface area contributed by atoms with Gasteiger partial charge in [-0.1, -0.05) is 36.4 Å². The molecule has 2 fully saturated rings. The summed E-state index contributed by atoms with van der Waals surface area (Å²) in [6.45, 7) is 1.05. The number of rotatable bonds is 9. The number of benzene rings is 3. The number of hydrogen-bond acceptors (Lipinski definition) is 5. The molecule has 3 N–H and O–H groups in total. The van der Waals surface area contributed by atoms with Crippen LogP contribution in [0.4, 0.5) is 32.2 Å². The zero-order chi connectivity index (χ0) is 31.9. The van der Waals surface area contributed by atoms with Gasteiger partial charge in [-0.05, 0) is 72.7 Å². The number of fused-ring (bicyclic) bond motifs is 3. The van der Waals surface area contributed by atoms with E-state index in [2.05, 4.69) is 15.1 Å². The average Bonchev–Trinajstić information content (AvgIpc) is 3.93. The Morgan fingerprint density at radius 2 is 1.42 bits per heavy atom. The van der Waals surface area contributed by atoms with Gasteiger partial charge in [-0.15, -0.1) is 10.2 Å². The number of aromatic nitrogens is 1. The summed E-state index contributed by atoms with van der Waals surface area (Å²) in [7, 11) is 0. The summed E-state index contributed by atoms with van der Waals surface area (Å²) in [5.74, 6) is 6.92. The van der Waals surface area contributed by atoms with Crippen LogP contribution in [-0.4, -0.2) is 28.9 Å². The maximum absolute atomic E-state index is 13.6. The highest BCUT2D eigenvalue weighted by Crippen LogP contribution is 2.39. The first-order valence-corrected chi connectivity index (χ1v) is 14.7. The second kappa shape index (κ2) is 11.8. The number of pyridine rings is 1. The van der Waals surface area contributed by atoms with Crippen LogP contribution in [0.2, 0.25) is 0 Å². The van der Waals surface area contributed by atoms with Gasteiger partial charge in [0.15, 0.2) is 0 Å². The molecular weight excluding hydrogens is 596 g/mol. The van der Waals surface area contributed by atoms with Crippen LogP contribution in [0.1, 0.15) is 47.9 Å². The highest BCUT2D eigenvalue weighted by atomic mass is 19.4. The lowest BCUT2D eigenvalue weighted by atomic mass is 10.0. The average molecular weight is 628 g/mol. The van der Waals surface area contributed by atoms with Crippen molar-refractivity contribution in [1.29, 1.82) is 5.53 Å². The molecule has 0 atom stereocenters. The van der Waals surface area contributed by atoms with E-state index in [1.54, 1.807) is 0 Å². The van der Waals surface area contributed by atoms with Crippen LogP contribution in [-0.2, 0) is 25.4 Å². The molecule has 0 amide bonds. The number of hydrogen-bond donors (Lipinski definition) is 2. The zero-order valence-electron chi connectivity index (χ0n) is 24.2. The highest BCUT2D eigenvalue weighted by Gasteiger charge is 2.37. The molecule has 45 heavy (non-hydrogen) atoms. The van der Waals surface area contributed by atoms with Gasteiger partial charge in [0.1, 0.15) is 5.82 Å². The van der Waals surface area contributed by atoms with Crippen molar-refractivity contribution in [1.82, 2.24) is 9.88 Å². The number of guanidine groups is 1. The molecule has 13 heteroatoms. The van der Waals surface area contributed by atoms with Crippen molar-refractivity contribution in [2.24, 2.45) is 27.9 Å². The Hall–Kier alpha value is -4.42. The molecule has 2 aliphatic rings. The van der Waals surface area contributed by atoms with E-state index in [1.165, 1.54) is 4.90 Å². The molecule has 7 nitrogen and oxygen atoms in total. The second-order valence-corrected chi connectivity index (χ2v) is 11.9. The van der Waals surface area contributed by atoms with E-state index in [0.717, 1.165) is 60.4 Å². The lowest BCUT2D eigenvalue weighted by Gasteiger charge is -2.30. The Morgan fingerprint density at radius 1 is 0.822 bits per heavy atom. The van der Waals surface area contributed by atoms with E-state index in [-0.39, 0.29) is 24.1 Å². The normalized spacial score (nSPS) is 15.9. The molecule has 0 spiro atoms. The van der Waals surface area contributed by atoms with Crippen LogP contribution < -0.4 is 10.7 Å². The highest BCUT2D eigenvalue weighted by molar-refractivity contribution is 6.06. The van der Waals surface area contributed by atoms with Crippen molar-refractivity contribution < 1.29 is 26.3 Å². The van der Waals surface area contributed by atoms with Crippen molar-refractivity contribution in [2.45, 2.75) is 51.1 Å². The third-order valence-electron chi connectivity index (χ3n) is 8.30. The van der Waals surface area contributed by atoms with Crippen molar-refractivity contribution in [3.05, 3.63) is 82.9 Å². The summed E-state index contributed by atoms with van der Waals surface area (Å²) in [6.07, 6.45) is -5.57. The number of hydrazone groups is 1. The first-order chi connectivity index (χ1) is 21.4. The fraction of sp³-hybridized carbons (Fsp3) is 0.375. The minimum atomic E-state index is -5.00. The Morgan fingerprint density at radius 3 is 1.98 bits per heavy atom. The minimum Gasteiger partial charge on any atom is -0.356 e. The Balaban J connectivity index is 1.46. The largest absolute Gasteiger partial charge is 0.416 e. The van der Waals surface area contributed by atoms with Crippen molar-refractivity contribution in [3.8, 4) is 0 Å². The van der Waals surface area contributed by atoms with Crippen LogP contribution in [0.3, 0.4) is 0 Å². The molecule has 2 aliphatic carbocycles. The van der Waals surface area contributed by atoms with E-state index >= 15 is 0 Å². The molecule has 1 aromatic heterocycles. The van der Waals surface area contributed by atoms with Gasteiger partial charge in [0.25, 0.3) is 5.96 Å². The number of halogens is 6. The summed E-state index contributed by atoms with van der Waals surface area (Å²) in [5.41, 5.74) is 5.98. The molecule has 4 aromatic rings. The maximum Gasteiger partial charge on any atom is 0.416 e. The van der Waals surface area contributed by atoms with E-state index in [4.69, 9.17) is 16.4 Å².